The minimum atomic E-state index is -4.89. The highest BCUT2D eigenvalue weighted by Crippen LogP contribution is 2.39. The van der Waals surface area contributed by atoms with Gasteiger partial charge in [-0.15, -0.1) is 0 Å². The number of carbonyl (C=O) groups excluding carboxylic acids is 2. The van der Waals surface area contributed by atoms with E-state index in [0.29, 0.717) is 19.5 Å². The average molecular weight is 490 g/mol. The van der Waals surface area contributed by atoms with E-state index >= 15 is 0 Å². The highest BCUT2D eigenvalue weighted by molar-refractivity contribution is 5.86. The largest absolute Gasteiger partial charge is 0.416 e. The summed E-state index contributed by atoms with van der Waals surface area (Å²) in [5, 5.41) is 0. The van der Waals surface area contributed by atoms with Crippen LogP contribution in [0.5, 0.6) is 0 Å². The molecule has 1 aromatic rings. The van der Waals surface area contributed by atoms with E-state index in [0.717, 1.165) is 23.4 Å². The topological polar surface area (TPSA) is 64.7 Å². The Balaban J connectivity index is 1.45. The number of nitrogens with zero attached hydrogens (tertiary/aromatic N) is 2. The SMILES string of the molecule is CC(=O)N1CCC2=C(C1)NNC2C(=O)N1CCC(c2cc(C(F)(F)F)cc(C(F)(F)F)c2)CC1. The van der Waals surface area contributed by atoms with Crippen molar-refractivity contribution in [2.45, 2.75) is 50.5 Å². The molecule has 186 valence electrons. The number of carbonyl (C=O) groups is 2. The van der Waals surface area contributed by atoms with Crippen molar-refractivity contribution in [2.24, 2.45) is 0 Å². The van der Waals surface area contributed by atoms with Crippen LogP contribution >= 0.6 is 0 Å². The fraction of sp³-hybridized carbons (Fsp3) is 0.545. The van der Waals surface area contributed by atoms with Crippen molar-refractivity contribution in [3.8, 4) is 0 Å². The summed E-state index contributed by atoms with van der Waals surface area (Å²) in [6.07, 6.45) is -8.73. The summed E-state index contributed by atoms with van der Waals surface area (Å²) in [7, 11) is 0. The maximum Gasteiger partial charge on any atom is 0.416 e. The van der Waals surface area contributed by atoms with Crippen LogP contribution in [0, 0.1) is 0 Å². The third-order valence-electron chi connectivity index (χ3n) is 6.68. The Morgan fingerprint density at radius 1 is 0.912 bits per heavy atom. The van der Waals surface area contributed by atoms with Crippen LogP contribution in [-0.2, 0) is 21.9 Å². The number of amides is 2. The lowest BCUT2D eigenvalue weighted by Crippen LogP contribution is -2.49. The molecule has 1 fully saturated rings. The zero-order chi connectivity index (χ0) is 24.8. The molecule has 1 aromatic carbocycles. The second kappa shape index (κ2) is 8.79. The number of halogens is 6. The van der Waals surface area contributed by atoms with E-state index in [4.69, 9.17) is 0 Å². The number of hydrogen-bond acceptors (Lipinski definition) is 4. The summed E-state index contributed by atoms with van der Waals surface area (Å²) in [5.74, 6) is -0.781. The van der Waals surface area contributed by atoms with Crippen molar-refractivity contribution in [3.05, 3.63) is 46.2 Å². The fourth-order valence-corrected chi connectivity index (χ4v) is 4.77. The first-order valence-corrected chi connectivity index (χ1v) is 10.9. The van der Waals surface area contributed by atoms with Gasteiger partial charge < -0.3 is 15.2 Å². The van der Waals surface area contributed by atoms with Crippen LogP contribution in [0.4, 0.5) is 26.3 Å². The maximum absolute atomic E-state index is 13.2. The van der Waals surface area contributed by atoms with Crippen molar-refractivity contribution < 1.29 is 35.9 Å². The first-order valence-electron chi connectivity index (χ1n) is 10.9. The summed E-state index contributed by atoms with van der Waals surface area (Å²) < 4.78 is 79.1. The van der Waals surface area contributed by atoms with E-state index in [1.807, 2.05) is 0 Å². The Bertz CT molecular complexity index is 979. The average Bonchev–Trinajstić information content (AvgIpc) is 3.20. The second-order valence-corrected chi connectivity index (χ2v) is 8.84. The predicted molar refractivity (Wildman–Crippen MR) is 109 cm³/mol. The van der Waals surface area contributed by atoms with Crippen LogP contribution in [0.1, 0.15) is 48.8 Å². The van der Waals surface area contributed by atoms with Gasteiger partial charge in [-0.1, -0.05) is 0 Å². The van der Waals surface area contributed by atoms with Crippen LogP contribution in [0.15, 0.2) is 29.5 Å². The van der Waals surface area contributed by atoms with Gasteiger partial charge in [0.1, 0.15) is 6.04 Å². The molecule has 0 aliphatic carbocycles. The molecule has 12 heteroatoms. The summed E-state index contributed by atoms with van der Waals surface area (Å²) in [6.45, 7) is 2.80. The van der Waals surface area contributed by atoms with Crippen molar-refractivity contribution in [1.82, 2.24) is 20.7 Å². The Morgan fingerprint density at radius 2 is 1.50 bits per heavy atom. The second-order valence-electron chi connectivity index (χ2n) is 8.84. The molecular weight excluding hydrogens is 466 g/mol. The number of hydrazine groups is 1. The van der Waals surface area contributed by atoms with E-state index in [2.05, 4.69) is 10.9 Å². The maximum atomic E-state index is 13.2. The van der Waals surface area contributed by atoms with Crippen molar-refractivity contribution in [1.29, 1.82) is 0 Å². The summed E-state index contributed by atoms with van der Waals surface area (Å²) in [5.41, 5.74) is 4.89. The predicted octanol–water partition coefficient (Wildman–Crippen LogP) is 3.41. The minimum Gasteiger partial charge on any atom is -0.341 e. The summed E-state index contributed by atoms with van der Waals surface area (Å²) >= 11 is 0. The molecule has 0 spiro atoms. The smallest absolute Gasteiger partial charge is 0.341 e. The van der Waals surface area contributed by atoms with Crippen LogP contribution in [0.3, 0.4) is 0 Å². The molecule has 4 rings (SSSR count). The Labute approximate surface area is 191 Å². The number of benzene rings is 1. The number of hydrogen-bond donors (Lipinski definition) is 2. The zero-order valence-electron chi connectivity index (χ0n) is 18.3. The number of alkyl halides is 6. The van der Waals surface area contributed by atoms with E-state index in [9.17, 15) is 35.9 Å². The molecule has 1 atom stereocenters. The molecule has 2 amide bonds. The highest BCUT2D eigenvalue weighted by Gasteiger charge is 2.40. The number of nitrogens with one attached hydrogen (secondary N) is 2. The highest BCUT2D eigenvalue weighted by atomic mass is 19.4. The van der Waals surface area contributed by atoms with Crippen LogP contribution in [0.25, 0.3) is 0 Å². The van der Waals surface area contributed by atoms with E-state index in [-0.39, 0.29) is 49.4 Å². The zero-order valence-corrected chi connectivity index (χ0v) is 18.3. The van der Waals surface area contributed by atoms with E-state index < -0.39 is 35.4 Å². The first-order chi connectivity index (χ1) is 15.8. The van der Waals surface area contributed by atoms with E-state index in [1.54, 1.807) is 9.80 Å². The molecule has 2 N–H and O–H groups in total. The normalized spacial score (nSPS) is 22.0. The standard InChI is InChI=1S/C22H24F6N4O2/c1-12(33)32-7-4-17-18(11-32)29-30-19(17)20(34)31-5-2-13(3-6-31)14-8-15(21(23,24)25)10-16(9-14)22(26,27)28/h8-10,13,19,29-30H,2-7,11H2,1H3. The molecular formula is C22H24F6N4O2. The molecule has 0 radical (unpaired) electrons. The lowest BCUT2D eigenvalue weighted by atomic mass is 9.86. The van der Waals surface area contributed by atoms with Crippen molar-refractivity contribution >= 4 is 11.8 Å². The van der Waals surface area contributed by atoms with Gasteiger partial charge in [-0.2, -0.15) is 26.3 Å². The van der Waals surface area contributed by atoms with E-state index in [1.165, 1.54) is 6.92 Å². The third kappa shape index (κ3) is 4.86. The van der Waals surface area contributed by atoms with Gasteiger partial charge in [0.25, 0.3) is 0 Å². The van der Waals surface area contributed by atoms with Crippen LogP contribution in [-0.4, -0.2) is 53.8 Å². The quantitative estimate of drug-likeness (QED) is 0.624. The molecule has 0 saturated carbocycles. The van der Waals surface area contributed by atoms with Crippen LogP contribution < -0.4 is 10.9 Å². The third-order valence-corrected chi connectivity index (χ3v) is 6.68. The Hall–Kier alpha value is -2.76. The minimum absolute atomic E-state index is 0.0171. The number of piperidine rings is 1. The monoisotopic (exact) mass is 490 g/mol. The summed E-state index contributed by atoms with van der Waals surface area (Å²) in [6, 6.07) is 1.08. The number of rotatable bonds is 2. The first kappa shape index (κ1) is 24.4. The molecule has 3 heterocycles. The molecule has 3 aliphatic rings. The molecule has 1 unspecified atom stereocenters. The van der Waals surface area contributed by atoms with Gasteiger partial charge >= 0.3 is 12.4 Å². The van der Waals surface area contributed by atoms with Gasteiger partial charge in [0, 0.05) is 32.3 Å². The molecule has 34 heavy (non-hydrogen) atoms. The Kier molecular flexibility index (Phi) is 6.30. The van der Waals surface area contributed by atoms with Crippen molar-refractivity contribution in [2.75, 3.05) is 26.2 Å². The lowest BCUT2D eigenvalue weighted by Gasteiger charge is -2.35. The number of likely N-dealkylation sites (tertiary alicyclic amines) is 1. The lowest BCUT2D eigenvalue weighted by molar-refractivity contribution is -0.143. The fourth-order valence-electron chi connectivity index (χ4n) is 4.77. The van der Waals surface area contributed by atoms with Gasteiger partial charge in [0.05, 0.1) is 17.7 Å². The molecule has 6 nitrogen and oxygen atoms in total. The van der Waals surface area contributed by atoms with Gasteiger partial charge in [0.2, 0.25) is 11.8 Å². The van der Waals surface area contributed by atoms with Gasteiger partial charge in [-0.25, -0.2) is 5.43 Å². The molecule has 3 aliphatic heterocycles. The van der Waals surface area contributed by atoms with Crippen molar-refractivity contribution in [3.63, 3.8) is 0 Å². The summed E-state index contributed by atoms with van der Waals surface area (Å²) in [4.78, 5) is 27.9. The molecule has 0 bridgehead atoms. The van der Waals surface area contributed by atoms with Gasteiger partial charge in [0.15, 0.2) is 0 Å². The molecule has 1 saturated heterocycles. The van der Waals surface area contributed by atoms with Crippen LogP contribution in [0.2, 0.25) is 0 Å². The van der Waals surface area contributed by atoms with Gasteiger partial charge in [-0.05, 0) is 54.5 Å². The Morgan fingerprint density at radius 3 is 2.03 bits per heavy atom. The molecule has 0 aromatic heterocycles. The van der Waals surface area contributed by atoms with Gasteiger partial charge in [-0.3, -0.25) is 9.59 Å².